The van der Waals surface area contributed by atoms with Gasteiger partial charge in [-0.05, 0) is 12.0 Å². The number of carbonyl (C=O) groups is 1. The van der Waals surface area contributed by atoms with Gasteiger partial charge in [0, 0.05) is 12.3 Å². The summed E-state index contributed by atoms with van der Waals surface area (Å²) in [6.07, 6.45) is 1.22. The first-order valence-electron chi connectivity index (χ1n) is 4.58. The Balaban J connectivity index is 2.33. The second-order valence-corrected chi connectivity index (χ2v) is 4.93. The van der Waals surface area contributed by atoms with Gasteiger partial charge in [-0.15, -0.1) is 0 Å². The van der Waals surface area contributed by atoms with Crippen LogP contribution in [0.3, 0.4) is 0 Å². The molecule has 1 aromatic carbocycles. The molecule has 0 bridgehead atoms. The van der Waals surface area contributed by atoms with Gasteiger partial charge in [0.05, 0.1) is 0 Å². The smallest absolute Gasteiger partial charge is 0.182 e. The van der Waals surface area contributed by atoms with Crippen molar-refractivity contribution in [2.75, 3.05) is 0 Å². The van der Waals surface area contributed by atoms with Gasteiger partial charge in [-0.25, -0.2) is 0 Å². The van der Waals surface area contributed by atoms with E-state index >= 15 is 0 Å². The molecule has 3 heteroatoms. The highest BCUT2D eigenvalue weighted by atomic mass is 35.5. The lowest BCUT2D eigenvalue weighted by molar-refractivity contribution is -0.118. The van der Waals surface area contributed by atoms with Crippen LogP contribution in [-0.2, 0) is 4.79 Å². The molecule has 1 aromatic rings. The monoisotopic (exact) mass is 228 g/mol. The van der Waals surface area contributed by atoms with Crippen molar-refractivity contribution < 1.29 is 4.79 Å². The number of hydrogen-bond acceptors (Lipinski definition) is 1. The molecule has 1 fully saturated rings. The van der Waals surface area contributed by atoms with Gasteiger partial charge < -0.3 is 0 Å². The van der Waals surface area contributed by atoms with E-state index in [4.69, 9.17) is 23.2 Å². The molecule has 0 amide bonds. The third-order valence-electron chi connectivity index (χ3n) is 2.67. The van der Waals surface area contributed by atoms with E-state index in [1.165, 1.54) is 0 Å². The molecule has 1 nitrogen and oxygen atoms in total. The topological polar surface area (TPSA) is 17.1 Å². The molecule has 0 aliphatic heterocycles. The fraction of sp³-hybridized carbons (Fsp3) is 0.364. The van der Waals surface area contributed by atoms with Gasteiger partial charge in [-0.1, -0.05) is 53.5 Å². The molecule has 74 valence electrons. The summed E-state index contributed by atoms with van der Waals surface area (Å²) in [5.41, 5.74) is 1.04. The molecule has 0 spiro atoms. The minimum absolute atomic E-state index is 0.0560. The van der Waals surface area contributed by atoms with Crippen LogP contribution < -0.4 is 0 Å². The van der Waals surface area contributed by atoms with Crippen LogP contribution in [0.1, 0.15) is 24.3 Å². The Morgan fingerprint density at radius 1 is 1.21 bits per heavy atom. The summed E-state index contributed by atoms with van der Waals surface area (Å²) in [5, 5.41) is 0. The Morgan fingerprint density at radius 2 is 1.86 bits per heavy atom. The van der Waals surface area contributed by atoms with Crippen molar-refractivity contribution in [2.24, 2.45) is 0 Å². The van der Waals surface area contributed by atoms with E-state index in [2.05, 4.69) is 0 Å². The highest BCUT2D eigenvalue weighted by Gasteiger charge is 2.47. The average molecular weight is 229 g/mol. The van der Waals surface area contributed by atoms with Gasteiger partial charge in [-0.3, -0.25) is 4.79 Å². The van der Waals surface area contributed by atoms with Crippen molar-refractivity contribution in [1.82, 2.24) is 0 Å². The highest BCUT2D eigenvalue weighted by molar-refractivity contribution is 6.59. The number of carbonyl (C=O) groups excluding carboxylic acids is 1. The summed E-state index contributed by atoms with van der Waals surface area (Å²) in [6, 6.07) is 9.72. The molecule has 2 rings (SSSR count). The van der Waals surface area contributed by atoms with Crippen LogP contribution in [0.2, 0.25) is 0 Å². The van der Waals surface area contributed by atoms with Crippen molar-refractivity contribution in [3.05, 3.63) is 35.9 Å². The normalized spacial score (nSPS) is 25.3. The van der Waals surface area contributed by atoms with E-state index in [1.807, 2.05) is 30.3 Å². The van der Waals surface area contributed by atoms with Crippen LogP contribution >= 0.6 is 23.2 Å². The molecular formula is C11H10Cl2O. The Labute approximate surface area is 93.0 Å². The van der Waals surface area contributed by atoms with Gasteiger partial charge >= 0.3 is 0 Å². The Hall–Kier alpha value is -0.530. The van der Waals surface area contributed by atoms with Crippen molar-refractivity contribution in [3.63, 3.8) is 0 Å². The van der Waals surface area contributed by atoms with E-state index in [-0.39, 0.29) is 11.7 Å². The molecule has 1 atom stereocenters. The Bertz CT molecular complexity index is 346. The third kappa shape index (κ3) is 1.55. The van der Waals surface area contributed by atoms with Crippen LogP contribution in [0.4, 0.5) is 0 Å². The summed E-state index contributed by atoms with van der Waals surface area (Å²) in [5.74, 6) is -0.116. The maximum absolute atomic E-state index is 11.4. The molecule has 0 heterocycles. The van der Waals surface area contributed by atoms with Crippen LogP contribution in [0.15, 0.2) is 30.3 Å². The van der Waals surface area contributed by atoms with E-state index in [0.29, 0.717) is 6.42 Å². The predicted octanol–water partition coefficient (Wildman–Crippen LogP) is 3.31. The Kier molecular flexibility index (Phi) is 2.54. The van der Waals surface area contributed by atoms with Gasteiger partial charge in [0.2, 0.25) is 0 Å². The number of alkyl halides is 2. The fourth-order valence-corrected chi connectivity index (χ4v) is 2.54. The van der Waals surface area contributed by atoms with E-state index in [0.717, 1.165) is 12.0 Å². The van der Waals surface area contributed by atoms with Crippen LogP contribution in [-0.4, -0.2) is 10.1 Å². The molecular weight excluding hydrogens is 219 g/mol. The molecule has 0 aromatic heterocycles. The molecule has 1 saturated carbocycles. The lowest BCUT2D eigenvalue weighted by Crippen LogP contribution is -2.25. The summed E-state index contributed by atoms with van der Waals surface area (Å²) >= 11 is 12.1. The zero-order valence-corrected chi connectivity index (χ0v) is 9.05. The fourth-order valence-electron chi connectivity index (χ4n) is 1.88. The number of Topliss-reactive ketones (excluding diaryl/α,β-unsaturated/α-hetero) is 1. The predicted molar refractivity (Wildman–Crippen MR) is 57.9 cm³/mol. The van der Waals surface area contributed by atoms with Gasteiger partial charge in [-0.2, -0.15) is 0 Å². The van der Waals surface area contributed by atoms with E-state index in [9.17, 15) is 4.79 Å². The van der Waals surface area contributed by atoms with Crippen molar-refractivity contribution in [3.8, 4) is 0 Å². The average Bonchev–Trinajstić information content (AvgIpc) is 2.44. The molecule has 0 radical (unpaired) electrons. The summed E-state index contributed by atoms with van der Waals surface area (Å²) in [6.45, 7) is 0. The molecule has 14 heavy (non-hydrogen) atoms. The van der Waals surface area contributed by atoms with E-state index in [1.54, 1.807) is 0 Å². The minimum Gasteiger partial charge on any atom is -0.296 e. The number of ketones is 1. The van der Waals surface area contributed by atoms with Gasteiger partial charge in [0.25, 0.3) is 0 Å². The van der Waals surface area contributed by atoms with Crippen molar-refractivity contribution in [2.45, 2.75) is 23.1 Å². The second-order valence-electron chi connectivity index (χ2n) is 3.55. The first kappa shape index (κ1) is 10.0. The van der Waals surface area contributed by atoms with Crippen LogP contribution in [0.5, 0.6) is 0 Å². The largest absolute Gasteiger partial charge is 0.296 e. The number of hydrogen-bond donors (Lipinski definition) is 0. The molecule has 1 unspecified atom stereocenters. The maximum Gasteiger partial charge on any atom is 0.182 e. The molecule has 1 aliphatic carbocycles. The summed E-state index contributed by atoms with van der Waals surface area (Å²) in [4.78, 5) is 11.4. The van der Waals surface area contributed by atoms with Crippen molar-refractivity contribution in [1.29, 1.82) is 0 Å². The third-order valence-corrected chi connectivity index (χ3v) is 3.62. The quantitative estimate of drug-likeness (QED) is 0.675. The molecule has 0 N–H and O–H groups in total. The van der Waals surface area contributed by atoms with E-state index < -0.39 is 4.33 Å². The lowest BCUT2D eigenvalue weighted by atomic mass is 9.97. The van der Waals surface area contributed by atoms with Gasteiger partial charge in [0.1, 0.15) is 0 Å². The first-order chi connectivity index (χ1) is 6.62. The molecule has 1 aliphatic rings. The minimum atomic E-state index is -1.22. The van der Waals surface area contributed by atoms with Crippen LogP contribution in [0.25, 0.3) is 0 Å². The first-order valence-corrected chi connectivity index (χ1v) is 5.34. The molecule has 0 saturated heterocycles. The lowest BCUT2D eigenvalue weighted by Gasteiger charge is -2.20. The summed E-state index contributed by atoms with van der Waals surface area (Å²) < 4.78 is -1.22. The summed E-state index contributed by atoms with van der Waals surface area (Å²) in [7, 11) is 0. The SMILES string of the molecule is O=C1CCC(c2ccccc2)C1(Cl)Cl. The number of halogens is 2. The Morgan fingerprint density at radius 3 is 2.36 bits per heavy atom. The maximum atomic E-state index is 11.4. The second kappa shape index (κ2) is 3.56. The number of benzene rings is 1. The van der Waals surface area contributed by atoms with Gasteiger partial charge in [0.15, 0.2) is 10.1 Å². The van der Waals surface area contributed by atoms with Crippen LogP contribution in [0, 0.1) is 0 Å². The highest BCUT2D eigenvalue weighted by Crippen LogP contribution is 2.47. The number of rotatable bonds is 1. The van der Waals surface area contributed by atoms with Crippen molar-refractivity contribution >= 4 is 29.0 Å². The standard InChI is InChI=1S/C11H10Cl2O/c12-11(13)9(6-7-10(11)14)8-4-2-1-3-5-8/h1-5,9H,6-7H2. The zero-order valence-electron chi connectivity index (χ0n) is 7.54. The zero-order chi connectivity index (χ0) is 10.2.